The van der Waals surface area contributed by atoms with Crippen LogP contribution >= 0.6 is 27.3 Å². The van der Waals surface area contributed by atoms with Crippen LogP contribution < -0.4 is 5.32 Å². The Labute approximate surface area is 111 Å². The summed E-state index contributed by atoms with van der Waals surface area (Å²) < 4.78 is 13.8. The van der Waals surface area contributed by atoms with E-state index >= 15 is 0 Å². The summed E-state index contributed by atoms with van der Waals surface area (Å²) in [6, 6.07) is 7.83. The Hall–Kier alpha value is -1.20. The van der Waals surface area contributed by atoms with E-state index in [1.807, 2.05) is 6.07 Å². The van der Waals surface area contributed by atoms with E-state index < -0.39 is 0 Å². The monoisotopic (exact) mass is 313 g/mol. The molecule has 17 heavy (non-hydrogen) atoms. The van der Waals surface area contributed by atoms with E-state index in [4.69, 9.17) is 0 Å². The van der Waals surface area contributed by atoms with Crippen LogP contribution in [0.15, 0.2) is 34.1 Å². The van der Waals surface area contributed by atoms with Crippen molar-refractivity contribution in [3.63, 3.8) is 0 Å². The van der Waals surface area contributed by atoms with Gasteiger partial charge in [0.2, 0.25) is 0 Å². The minimum Gasteiger partial charge on any atom is -0.321 e. The third-order valence-electron chi connectivity index (χ3n) is 2.23. The lowest BCUT2D eigenvalue weighted by Crippen LogP contribution is -2.11. The van der Waals surface area contributed by atoms with Crippen LogP contribution in [0.4, 0.5) is 10.1 Å². The molecule has 0 aliphatic heterocycles. The molecule has 1 amide bonds. The van der Waals surface area contributed by atoms with Crippen LogP contribution in [0, 0.1) is 12.7 Å². The largest absolute Gasteiger partial charge is 0.321 e. The highest BCUT2D eigenvalue weighted by Crippen LogP contribution is 2.23. The summed E-state index contributed by atoms with van der Waals surface area (Å²) in [7, 11) is 0. The van der Waals surface area contributed by atoms with Gasteiger partial charge in [0.25, 0.3) is 5.91 Å². The first kappa shape index (κ1) is 12.3. The number of amides is 1. The molecule has 1 heterocycles. The third kappa shape index (κ3) is 2.92. The number of hydrogen-bond donors (Lipinski definition) is 1. The third-order valence-corrected chi connectivity index (χ3v) is 3.86. The molecule has 0 saturated heterocycles. The maximum absolute atomic E-state index is 12.9. The zero-order valence-corrected chi connectivity index (χ0v) is 11.4. The summed E-state index contributed by atoms with van der Waals surface area (Å²) in [6.07, 6.45) is 0. The molecule has 0 radical (unpaired) electrons. The molecule has 0 bridgehead atoms. The normalized spacial score (nSPS) is 10.3. The molecule has 0 spiro atoms. The van der Waals surface area contributed by atoms with Gasteiger partial charge >= 0.3 is 0 Å². The van der Waals surface area contributed by atoms with Crippen molar-refractivity contribution in [1.82, 2.24) is 0 Å². The van der Waals surface area contributed by atoms with Gasteiger partial charge in [-0.15, -0.1) is 11.3 Å². The van der Waals surface area contributed by atoms with E-state index in [1.54, 1.807) is 19.1 Å². The smallest absolute Gasteiger partial charge is 0.265 e. The van der Waals surface area contributed by atoms with E-state index in [1.165, 1.54) is 23.5 Å². The molecule has 0 aliphatic rings. The predicted octanol–water partition coefficient (Wildman–Crippen LogP) is 4.21. The van der Waals surface area contributed by atoms with Gasteiger partial charge in [0.1, 0.15) is 5.82 Å². The first-order valence-electron chi connectivity index (χ1n) is 4.89. The van der Waals surface area contributed by atoms with Crippen LogP contribution in [0.25, 0.3) is 0 Å². The standard InChI is InChI=1S/C12H9BrFNOS/c1-7-6-8(14)2-3-9(7)15-12(16)10-4-5-11(13)17-10/h2-6H,1H3,(H,15,16). The fraction of sp³-hybridized carbons (Fsp3) is 0.0833. The van der Waals surface area contributed by atoms with Crippen LogP contribution in [0.1, 0.15) is 15.2 Å². The Kier molecular flexibility index (Phi) is 3.59. The van der Waals surface area contributed by atoms with E-state index in [-0.39, 0.29) is 11.7 Å². The van der Waals surface area contributed by atoms with Crippen LogP contribution in [0.3, 0.4) is 0 Å². The van der Waals surface area contributed by atoms with Gasteiger partial charge in [0.15, 0.2) is 0 Å². The zero-order chi connectivity index (χ0) is 12.4. The summed E-state index contributed by atoms with van der Waals surface area (Å²) >= 11 is 4.65. The molecule has 0 aliphatic carbocycles. The van der Waals surface area contributed by atoms with Crippen molar-refractivity contribution in [3.8, 4) is 0 Å². The fourth-order valence-electron chi connectivity index (χ4n) is 1.39. The fourth-order valence-corrected chi connectivity index (χ4v) is 2.67. The molecular weight excluding hydrogens is 305 g/mol. The van der Waals surface area contributed by atoms with Gasteiger partial charge in [0.05, 0.1) is 8.66 Å². The molecule has 2 nitrogen and oxygen atoms in total. The minimum atomic E-state index is -0.306. The number of halogens is 2. The molecule has 0 fully saturated rings. The number of anilines is 1. The highest BCUT2D eigenvalue weighted by molar-refractivity contribution is 9.11. The Morgan fingerprint density at radius 3 is 2.71 bits per heavy atom. The van der Waals surface area contributed by atoms with Crippen molar-refractivity contribution in [2.75, 3.05) is 5.32 Å². The molecule has 1 aromatic heterocycles. The number of carbonyl (C=O) groups is 1. The average molecular weight is 314 g/mol. The average Bonchev–Trinajstić information content (AvgIpc) is 2.69. The van der Waals surface area contributed by atoms with Gasteiger partial charge in [-0.3, -0.25) is 4.79 Å². The zero-order valence-electron chi connectivity index (χ0n) is 8.96. The lowest BCUT2D eigenvalue weighted by atomic mass is 10.2. The molecule has 0 unspecified atom stereocenters. The van der Waals surface area contributed by atoms with Crippen molar-refractivity contribution >= 4 is 38.9 Å². The Balaban J connectivity index is 2.18. The van der Waals surface area contributed by atoms with Crippen molar-refractivity contribution in [2.45, 2.75) is 6.92 Å². The second kappa shape index (κ2) is 4.98. The molecule has 1 aromatic carbocycles. The minimum absolute atomic E-state index is 0.185. The van der Waals surface area contributed by atoms with E-state index in [9.17, 15) is 9.18 Å². The number of aryl methyl sites for hydroxylation is 1. The lowest BCUT2D eigenvalue weighted by molar-refractivity contribution is 0.103. The Morgan fingerprint density at radius 2 is 2.12 bits per heavy atom. The molecule has 2 rings (SSSR count). The van der Waals surface area contributed by atoms with E-state index in [0.717, 1.165) is 3.79 Å². The summed E-state index contributed by atoms with van der Waals surface area (Å²) in [5.74, 6) is -0.491. The van der Waals surface area contributed by atoms with Crippen LogP contribution in [-0.4, -0.2) is 5.91 Å². The van der Waals surface area contributed by atoms with Gasteiger partial charge in [-0.2, -0.15) is 0 Å². The van der Waals surface area contributed by atoms with Gasteiger partial charge in [-0.05, 0) is 58.7 Å². The summed E-state index contributed by atoms with van der Waals surface area (Å²) in [5, 5.41) is 2.75. The highest BCUT2D eigenvalue weighted by Gasteiger charge is 2.10. The predicted molar refractivity (Wildman–Crippen MR) is 71.1 cm³/mol. The van der Waals surface area contributed by atoms with Gasteiger partial charge in [-0.1, -0.05) is 0 Å². The van der Waals surface area contributed by atoms with Gasteiger partial charge in [0, 0.05) is 5.69 Å². The van der Waals surface area contributed by atoms with Gasteiger partial charge < -0.3 is 5.32 Å². The summed E-state index contributed by atoms with van der Waals surface area (Å²) in [6.45, 7) is 1.75. The van der Waals surface area contributed by atoms with Crippen molar-refractivity contribution < 1.29 is 9.18 Å². The molecule has 88 valence electrons. The van der Waals surface area contributed by atoms with E-state index in [2.05, 4.69) is 21.2 Å². The van der Waals surface area contributed by atoms with Crippen molar-refractivity contribution in [3.05, 3.63) is 50.4 Å². The number of rotatable bonds is 2. The number of thiophene rings is 1. The van der Waals surface area contributed by atoms with Crippen LogP contribution in [0.5, 0.6) is 0 Å². The molecule has 2 aromatic rings. The van der Waals surface area contributed by atoms with Crippen molar-refractivity contribution in [1.29, 1.82) is 0 Å². The van der Waals surface area contributed by atoms with Crippen LogP contribution in [0.2, 0.25) is 0 Å². The quantitative estimate of drug-likeness (QED) is 0.884. The summed E-state index contributed by atoms with van der Waals surface area (Å²) in [4.78, 5) is 12.5. The lowest BCUT2D eigenvalue weighted by Gasteiger charge is -2.06. The molecule has 0 atom stereocenters. The second-order valence-electron chi connectivity index (χ2n) is 3.52. The maximum atomic E-state index is 12.9. The number of hydrogen-bond acceptors (Lipinski definition) is 2. The van der Waals surface area contributed by atoms with Gasteiger partial charge in [-0.25, -0.2) is 4.39 Å². The Bertz CT molecular complexity index is 567. The van der Waals surface area contributed by atoms with Crippen molar-refractivity contribution in [2.24, 2.45) is 0 Å². The SMILES string of the molecule is Cc1cc(F)ccc1NC(=O)c1ccc(Br)s1. The first-order valence-corrected chi connectivity index (χ1v) is 6.50. The molecule has 5 heteroatoms. The molecule has 1 N–H and O–H groups in total. The van der Waals surface area contributed by atoms with Crippen LogP contribution in [-0.2, 0) is 0 Å². The number of carbonyl (C=O) groups excluding carboxylic acids is 1. The Morgan fingerprint density at radius 1 is 1.35 bits per heavy atom. The maximum Gasteiger partial charge on any atom is 0.265 e. The number of nitrogens with one attached hydrogen (secondary N) is 1. The summed E-state index contributed by atoms with van der Waals surface area (Å²) in [5.41, 5.74) is 1.33. The second-order valence-corrected chi connectivity index (χ2v) is 5.98. The topological polar surface area (TPSA) is 29.1 Å². The highest BCUT2D eigenvalue weighted by atomic mass is 79.9. The molecule has 0 saturated carbocycles. The number of benzene rings is 1. The first-order chi connectivity index (χ1) is 8.06. The van der Waals surface area contributed by atoms with E-state index in [0.29, 0.717) is 16.1 Å². The molecular formula is C12H9BrFNOS.